The van der Waals surface area contributed by atoms with Crippen LogP contribution in [0.1, 0.15) is 53.4 Å². The van der Waals surface area contributed by atoms with Gasteiger partial charge in [-0.2, -0.15) is 0 Å². The van der Waals surface area contributed by atoms with E-state index in [0.29, 0.717) is 0 Å². The highest BCUT2D eigenvalue weighted by molar-refractivity contribution is 7.49. The molecule has 0 rings (SSSR count). The lowest BCUT2D eigenvalue weighted by atomic mass is 10.2. The summed E-state index contributed by atoms with van der Waals surface area (Å²) < 4.78 is 27.1. The van der Waals surface area contributed by atoms with Gasteiger partial charge in [0, 0.05) is 6.92 Å². The molecule has 0 aromatic rings. The molecule has 0 saturated carbocycles. The number of hydrogen-bond acceptors (Lipinski definition) is 5. The molecule has 0 spiro atoms. The first-order valence-corrected chi connectivity index (χ1v) is 7.52. The minimum absolute atomic E-state index is 0.258. The van der Waals surface area contributed by atoms with Crippen LogP contribution in [0, 0.1) is 0 Å². The van der Waals surface area contributed by atoms with Crippen molar-refractivity contribution in [3.63, 3.8) is 0 Å². The molecule has 2 atom stereocenters. The van der Waals surface area contributed by atoms with Crippen LogP contribution in [0.25, 0.3) is 0 Å². The van der Waals surface area contributed by atoms with Crippen LogP contribution >= 0.6 is 7.82 Å². The molecule has 0 saturated heterocycles. The minimum Gasteiger partial charge on any atom is -0.371 e. The lowest BCUT2D eigenvalue weighted by molar-refractivity contribution is -0.134. The van der Waals surface area contributed by atoms with Crippen LogP contribution in [0.4, 0.5) is 0 Å². The molecule has 102 valence electrons. The first-order chi connectivity index (χ1) is 7.93. The highest BCUT2D eigenvalue weighted by atomic mass is 31.2. The fourth-order valence-electron chi connectivity index (χ4n) is 1.24. The molecule has 0 amide bonds. The molecule has 0 heterocycles. The largest absolute Gasteiger partial charge is 0.532 e. The molecule has 0 bridgehead atoms. The number of unbranched alkanes of at least 4 members (excludes halogenated alkanes) is 1. The molecule has 0 aliphatic heterocycles. The van der Waals surface area contributed by atoms with E-state index in [1.807, 2.05) is 13.8 Å². The number of phosphoric acid groups is 1. The SMILES string of the molecule is CCCCOP(=O)(OC(C)=O)OC(C)CCC. The number of carbonyl (C=O) groups is 1. The van der Waals surface area contributed by atoms with E-state index in [1.54, 1.807) is 6.92 Å². The Morgan fingerprint density at radius 2 is 1.94 bits per heavy atom. The summed E-state index contributed by atoms with van der Waals surface area (Å²) in [6, 6.07) is 0. The zero-order valence-corrected chi connectivity index (χ0v) is 12.0. The van der Waals surface area contributed by atoms with Crippen LogP contribution in [-0.4, -0.2) is 18.7 Å². The van der Waals surface area contributed by atoms with E-state index < -0.39 is 13.8 Å². The summed E-state index contributed by atoms with van der Waals surface area (Å²) in [5.74, 6) is -0.659. The van der Waals surface area contributed by atoms with Gasteiger partial charge in [0.1, 0.15) is 0 Å². The number of carbonyl (C=O) groups excluding carboxylic acids is 1. The van der Waals surface area contributed by atoms with Crippen molar-refractivity contribution in [3.05, 3.63) is 0 Å². The van der Waals surface area contributed by atoms with Crippen molar-refractivity contribution < 1.29 is 22.9 Å². The van der Waals surface area contributed by atoms with E-state index in [4.69, 9.17) is 9.05 Å². The molecule has 0 aromatic carbocycles. The Morgan fingerprint density at radius 1 is 1.29 bits per heavy atom. The van der Waals surface area contributed by atoms with Gasteiger partial charge in [0.25, 0.3) is 0 Å². The molecule has 0 fully saturated rings. The van der Waals surface area contributed by atoms with Crippen LogP contribution in [0.15, 0.2) is 0 Å². The molecule has 0 radical (unpaired) electrons. The zero-order valence-electron chi connectivity index (χ0n) is 11.1. The summed E-state index contributed by atoms with van der Waals surface area (Å²) in [6.45, 7) is 7.21. The third kappa shape index (κ3) is 8.36. The topological polar surface area (TPSA) is 61.8 Å². The fraction of sp³-hybridized carbons (Fsp3) is 0.909. The van der Waals surface area contributed by atoms with Crippen LogP contribution in [-0.2, 0) is 22.9 Å². The van der Waals surface area contributed by atoms with Gasteiger partial charge in [0.2, 0.25) is 0 Å². The smallest absolute Gasteiger partial charge is 0.371 e. The summed E-state index contributed by atoms with van der Waals surface area (Å²) in [6.07, 6.45) is 3.03. The molecule has 17 heavy (non-hydrogen) atoms. The lowest BCUT2D eigenvalue weighted by Crippen LogP contribution is -2.11. The first kappa shape index (κ1) is 16.6. The molecule has 0 aliphatic rings. The van der Waals surface area contributed by atoms with Gasteiger partial charge in [-0.1, -0.05) is 26.7 Å². The van der Waals surface area contributed by atoms with E-state index in [-0.39, 0.29) is 12.7 Å². The zero-order chi connectivity index (χ0) is 13.3. The Bertz CT molecular complexity index is 267. The first-order valence-electron chi connectivity index (χ1n) is 6.06. The van der Waals surface area contributed by atoms with Gasteiger partial charge in [-0.25, -0.2) is 4.57 Å². The summed E-state index contributed by atoms with van der Waals surface area (Å²) in [4.78, 5) is 10.9. The van der Waals surface area contributed by atoms with Crippen LogP contribution in [0.2, 0.25) is 0 Å². The monoisotopic (exact) mass is 266 g/mol. The fourth-order valence-corrected chi connectivity index (χ4v) is 2.61. The summed E-state index contributed by atoms with van der Waals surface area (Å²) >= 11 is 0. The second-order valence-corrected chi connectivity index (χ2v) is 5.47. The van der Waals surface area contributed by atoms with E-state index in [2.05, 4.69) is 4.52 Å². The lowest BCUT2D eigenvalue weighted by Gasteiger charge is -2.20. The Balaban J connectivity index is 4.38. The van der Waals surface area contributed by atoms with Crippen molar-refractivity contribution >= 4 is 13.8 Å². The van der Waals surface area contributed by atoms with E-state index >= 15 is 0 Å². The second-order valence-electron chi connectivity index (χ2n) is 3.92. The number of hydrogen-bond donors (Lipinski definition) is 0. The number of phosphoric ester groups is 1. The molecule has 6 heteroatoms. The third-order valence-corrected chi connectivity index (χ3v) is 3.59. The standard InChI is InChI=1S/C11H23O5P/c1-5-7-9-14-17(13,16-11(4)12)15-10(3)8-6-2/h10H,5-9H2,1-4H3. The average molecular weight is 266 g/mol. The summed E-state index contributed by atoms with van der Waals surface area (Å²) in [5, 5.41) is 0. The minimum atomic E-state index is -3.74. The maximum Gasteiger partial charge on any atom is 0.532 e. The normalized spacial score (nSPS) is 16.2. The summed E-state index contributed by atoms with van der Waals surface area (Å²) in [5.41, 5.74) is 0. The molecule has 0 aliphatic carbocycles. The van der Waals surface area contributed by atoms with Crippen molar-refractivity contribution in [2.45, 2.75) is 59.5 Å². The predicted molar refractivity (Wildman–Crippen MR) is 65.7 cm³/mol. The Hall–Kier alpha value is -0.380. The van der Waals surface area contributed by atoms with Crippen molar-refractivity contribution in [1.29, 1.82) is 0 Å². The van der Waals surface area contributed by atoms with Crippen molar-refractivity contribution in [2.75, 3.05) is 6.61 Å². The van der Waals surface area contributed by atoms with Crippen LogP contribution in [0.3, 0.4) is 0 Å². The maximum atomic E-state index is 12.1. The van der Waals surface area contributed by atoms with Gasteiger partial charge < -0.3 is 4.52 Å². The Labute approximate surface area is 103 Å². The molecule has 5 nitrogen and oxygen atoms in total. The average Bonchev–Trinajstić information content (AvgIpc) is 2.16. The molecular weight excluding hydrogens is 243 g/mol. The van der Waals surface area contributed by atoms with Gasteiger partial charge in [0.05, 0.1) is 12.7 Å². The van der Waals surface area contributed by atoms with Gasteiger partial charge in [-0.05, 0) is 19.8 Å². The van der Waals surface area contributed by atoms with Crippen molar-refractivity contribution in [1.82, 2.24) is 0 Å². The maximum absolute atomic E-state index is 12.1. The van der Waals surface area contributed by atoms with Gasteiger partial charge in [-0.15, -0.1) is 0 Å². The Morgan fingerprint density at radius 3 is 2.41 bits per heavy atom. The quantitative estimate of drug-likeness (QED) is 0.470. The molecular formula is C11H23O5P. The van der Waals surface area contributed by atoms with E-state index in [1.165, 1.54) is 6.92 Å². The van der Waals surface area contributed by atoms with Crippen LogP contribution < -0.4 is 0 Å². The Kier molecular flexibility index (Phi) is 8.48. The van der Waals surface area contributed by atoms with Gasteiger partial charge in [0.15, 0.2) is 0 Å². The molecule has 2 unspecified atom stereocenters. The predicted octanol–water partition coefficient (Wildman–Crippen LogP) is 3.68. The molecule has 0 aromatic heterocycles. The van der Waals surface area contributed by atoms with Gasteiger partial charge in [-0.3, -0.25) is 13.8 Å². The molecule has 0 N–H and O–H groups in total. The summed E-state index contributed by atoms with van der Waals surface area (Å²) in [7, 11) is -3.74. The van der Waals surface area contributed by atoms with Gasteiger partial charge >= 0.3 is 13.8 Å². The number of rotatable bonds is 9. The van der Waals surface area contributed by atoms with Crippen molar-refractivity contribution in [2.24, 2.45) is 0 Å². The highest BCUT2D eigenvalue weighted by Gasteiger charge is 2.31. The van der Waals surface area contributed by atoms with E-state index in [0.717, 1.165) is 25.7 Å². The van der Waals surface area contributed by atoms with Crippen molar-refractivity contribution in [3.8, 4) is 0 Å². The van der Waals surface area contributed by atoms with E-state index in [9.17, 15) is 9.36 Å². The van der Waals surface area contributed by atoms with Crippen LogP contribution in [0.5, 0.6) is 0 Å². The second kappa shape index (κ2) is 8.67. The third-order valence-electron chi connectivity index (χ3n) is 1.99. The highest BCUT2D eigenvalue weighted by Crippen LogP contribution is 2.51.